The number of hydrogen-bond acceptors (Lipinski definition) is 4. The highest BCUT2D eigenvalue weighted by molar-refractivity contribution is 8.93. The van der Waals surface area contributed by atoms with Gasteiger partial charge in [0.25, 0.3) is 5.69 Å². The molecule has 0 atom stereocenters. The van der Waals surface area contributed by atoms with Crippen molar-refractivity contribution in [1.29, 1.82) is 0 Å². The van der Waals surface area contributed by atoms with Crippen molar-refractivity contribution in [2.45, 2.75) is 6.54 Å². The minimum Gasteiger partial charge on any atom is -0.287 e. The maximum Gasteiger partial charge on any atom is 0.269 e. The summed E-state index contributed by atoms with van der Waals surface area (Å²) in [6.45, 7) is 0.181. The predicted molar refractivity (Wildman–Crippen MR) is 72.2 cm³/mol. The quantitative estimate of drug-likeness (QED) is 0.371. The number of carbonyl (C=O) groups excluding carboxylic acids is 1. The van der Waals surface area contributed by atoms with Crippen LogP contribution in [0.4, 0.5) is 5.69 Å². The molecule has 0 bridgehead atoms. The molecule has 0 unspecified atom stereocenters. The minimum absolute atomic E-state index is 0. The summed E-state index contributed by atoms with van der Waals surface area (Å²) in [5, 5.41) is 10.5. The Labute approximate surface area is 119 Å². The molecule has 1 aromatic carbocycles. The lowest BCUT2D eigenvalue weighted by molar-refractivity contribution is -0.683. The number of aromatic nitrogens is 2. The lowest BCUT2D eigenvalue weighted by atomic mass is 10.1. The van der Waals surface area contributed by atoms with E-state index in [2.05, 4.69) is 4.98 Å². The van der Waals surface area contributed by atoms with Gasteiger partial charge < -0.3 is 0 Å². The number of hydrogen-bond donors (Lipinski definition) is 0. The Bertz CT molecular complexity index is 573. The van der Waals surface area contributed by atoms with Crippen molar-refractivity contribution < 1.29 is 14.3 Å². The van der Waals surface area contributed by atoms with Crippen LogP contribution in [0.3, 0.4) is 0 Å². The zero-order chi connectivity index (χ0) is 13.0. The molecule has 6 nitrogen and oxygen atoms in total. The molecule has 98 valence electrons. The molecule has 2 rings (SSSR count). The summed E-state index contributed by atoms with van der Waals surface area (Å²) >= 11 is 0. The van der Waals surface area contributed by atoms with Gasteiger partial charge in [-0.3, -0.25) is 19.9 Å². The molecule has 0 N–H and O–H groups in total. The number of rotatable bonds is 4. The third kappa shape index (κ3) is 3.92. The van der Waals surface area contributed by atoms with Crippen molar-refractivity contribution in [3.05, 3.63) is 64.7 Å². The molecule has 2 aromatic rings. The topological polar surface area (TPSA) is 77.0 Å². The van der Waals surface area contributed by atoms with Gasteiger partial charge in [-0.25, -0.2) is 0 Å². The summed E-state index contributed by atoms with van der Waals surface area (Å²) in [5.74, 6) is -0.110. The van der Waals surface area contributed by atoms with Gasteiger partial charge in [0, 0.05) is 17.7 Å². The molecular weight excluding hydrogens is 314 g/mol. The number of ketones is 1. The molecule has 0 aliphatic rings. The Kier molecular flexibility index (Phi) is 5.25. The summed E-state index contributed by atoms with van der Waals surface area (Å²) in [6, 6.07) is 5.57. The maximum absolute atomic E-state index is 11.9. The second-order valence-corrected chi connectivity index (χ2v) is 3.64. The molecule has 7 heteroatoms. The number of nitrogens with zero attached hydrogens (tertiary/aromatic N) is 3. The van der Waals surface area contributed by atoms with Crippen LogP contribution in [-0.2, 0) is 6.54 Å². The first-order valence-electron chi connectivity index (χ1n) is 5.23. The number of nitro groups is 1. The summed E-state index contributed by atoms with van der Waals surface area (Å²) in [4.78, 5) is 25.7. The molecule has 1 heterocycles. The second-order valence-electron chi connectivity index (χ2n) is 3.64. The Morgan fingerprint density at radius 2 is 1.79 bits per heavy atom. The maximum atomic E-state index is 11.9. The molecule has 0 radical (unpaired) electrons. The van der Waals surface area contributed by atoms with Crippen LogP contribution >= 0.6 is 17.0 Å². The fourth-order valence-corrected chi connectivity index (χ4v) is 1.48. The standard InChI is InChI=1S/C12H10N3O3.BrH/c16-12(9-14-7-5-13-6-8-14)10-1-3-11(4-2-10)15(17)18;/h1-8H,9H2;1H/q+1;. The molecular formula is C12H11BrN3O3+. The van der Waals surface area contributed by atoms with Crippen LogP contribution in [-0.4, -0.2) is 15.7 Å². The molecule has 0 amide bonds. The predicted octanol–water partition coefficient (Wildman–Crippen LogP) is 1.74. The SMILES string of the molecule is Br.O=C(C[n+]1ccncc1)c1ccc([N+](=O)[O-])cc1. The van der Waals surface area contributed by atoms with Crippen LogP contribution in [0.25, 0.3) is 0 Å². The zero-order valence-electron chi connectivity index (χ0n) is 9.80. The average molecular weight is 325 g/mol. The first-order valence-corrected chi connectivity index (χ1v) is 5.23. The smallest absolute Gasteiger partial charge is 0.269 e. The number of nitro benzene ring substituents is 1. The van der Waals surface area contributed by atoms with E-state index in [4.69, 9.17) is 0 Å². The van der Waals surface area contributed by atoms with Crippen molar-refractivity contribution in [2.75, 3.05) is 0 Å². The molecule has 0 spiro atoms. The van der Waals surface area contributed by atoms with E-state index in [1.807, 2.05) is 0 Å². The number of non-ortho nitro benzene ring substituents is 1. The number of Topliss-reactive ketones (excluding diaryl/α,β-unsaturated/α-hetero) is 1. The largest absolute Gasteiger partial charge is 0.287 e. The zero-order valence-corrected chi connectivity index (χ0v) is 11.5. The Morgan fingerprint density at radius 1 is 1.21 bits per heavy atom. The van der Waals surface area contributed by atoms with E-state index >= 15 is 0 Å². The lowest BCUT2D eigenvalue weighted by Crippen LogP contribution is -2.37. The van der Waals surface area contributed by atoms with Crippen molar-refractivity contribution >= 4 is 28.5 Å². The first kappa shape index (κ1) is 14.9. The highest BCUT2D eigenvalue weighted by Gasteiger charge is 2.13. The molecule has 0 aliphatic heterocycles. The average Bonchev–Trinajstić information content (AvgIpc) is 2.40. The van der Waals surface area contributed by atoms with Gasteiger partial charge in [0.15, 0.2) is 12.4 Å². The highest BCUT2D eigenvalue weighted by Crippen LogP contribution is 2.12. The van der Waals surface area contributed by atoms with E-state index in [1.54, 1.807) is 29.4 Å². The summed E-state index contributed by atoms with van der Waals surface area (Å²) in [7, 11) is 0. The Hall–Kier alpha value is -2.15. The van der Waals surface area contributed by atoms with Crippen molar-refractivity contribution in [3.63, 3.8) is 0 Å². The molecule has 19 heavy (non-hydrogen) atoms. The Balaban J connectivity index is 0.00000180. The van der Waals surface area contributed by atoms with Gasteiger partial charge in [-0.05, 0) is 12.1 Å². The van der Waals surface area contributed by atoms with Gasteiger partial charge in [-0.15, -0.1) is 17.0 Å². The number of halogens is 1. The van der Waals surface area contributed by atoms with Gasteiger partial charge in [0.2, 0.25) is 12.3 Å². The van der Waals surface area contributed by atoms with Gasteiger partial charge in [-0.2, -0.15) is 4.57 Å². The number of benzene rings is 1. The molecule has 0 saturated heterocycles. The van der Waals surface area contributed by atoms with E-state index < -0.39 is 4.92 Å². The third-order valence-corrected chi connectivity index (χ3v) is 2.41. The van der Waals surface area contributed by atoms with Gasteiger partial charge >= 0.3 is 0 Å². The summed E-state index contributed by atoms with van der Waals surface area (Å²) < 4.78 is 1.69. The monoisotopic (exact) mass is 324 g/mol. The molecule has 0 saturated carbocycles. The summed E-state index contributed by atoms with van der Waals surface area (Å²) in [5.41, 5.74) is 0.424. The first-order chi connectivity index (χ1) is 8.66. The van der Waals surface area contributed by atoms with E-state index in [-0.39, 0.29) is 35.0 Å². The fourth-order valence-electron chi connectivity index (χ4n) is 1.48. The fraction of sp³-hybridized carbons (Fsp3) is 0.0833. The van der Waals surface area contributed by atoms with Crippen LogP contribution in [0.5, 0.6) is 0 Å². The molecule has 0 fully saturated rings. The molecule has 0 aliphatic carbocycles. The number of carbonyl (C=O) groups is 1. The van der Waals surface area contributed by atoms with Crippen LogP contribution in [0.2, 0.25) is 0 Å². The molecule has 1 aromatic heterocycles. The van der Waals surface area contributed by atoms with E-state index in [0.29, 0.717) is 5.56 Å². The van der Waals surface area contributed by atoms with Crippen LogP contribution in [0, 0.1) is 10.1 Å². The highest BCUT2D eigenvalue weighted by atomic mass is 79.9. The van der Waals surface area contributed by atoms with Gasteiger partial charge in [-0.1, -0.05) is 0 Å². The van der Waals surface area contributed by atoms with Gasteiger partial charge in [0.1, 0.15) is 0 Å². The normalized spacial score (nSPS) is 9.47. The van der Waals surface area contributed by atoms with Crippen molar-refractivity contribution in [1.82, 2.24) is 4.98 Å². The van der Waals surface area contributed by atoms with Crippen molar-refractivity contribution in [2.24, 2.45) is 0 Å². The van der Waals surface area contributed by atoms with Crippen molar-refractivity contribution in [3.8, 4) is 0 Å². The lowest BCUT2D eigenvalue weighted by Gasteiger charge is -1.97. The third-order valence-electron chi connectivity index (χ3n) is 2.41. The van der Waals surface area contributed by atoms with E-state index in [9.17, 15) is 14.9 Å². The van der Waals surface area contributed by atoms with E-state index in [1.165, 1.54) is 24.3 Å². The van der Waals surface area contributed by atoms with Crippen LogP contribution in [0.1, 0.15) is 10.4 Å². The van der Waals surface area contributed by atoms with Gasteiger partial charge in [0.05, 0.1) is 17.3 Å². The van der Waals surface area contributed by atoms with Crippen LogP contribution in [0.15, 0.2) is 49.1 Å². The summed E-state index contributed by atoms with van der Waals surface area (Å²) in [6.07, 6.45) is 6.54. The van der Waals surface area contributed by atoms with Crippen LogP contribution < -0.4 is 4.57 Å². The Morgan fingerprint density at radius 3 is 2.32 bits per heavy atom. The minimum atomic E-state index is -0.494. The van der Waals surface area contributed by atoms with E-state index in [0.717, 1.165) is 0 Å². The second kappa shape index (κ2) is 6.69.